The molecule has 3 aromatic rings. The molecule has 0 spiro atoms. The Morgan fingerprint density at radius 1 is 1.23 bits per heavy atom. The van der Waals surface area contributed by atoms with E-state index in [1.165, 1.54) is 11.8 Å². The predicted octanol–water partition coefficient (Wildman–Crippen LogP) is 3.97. The quantitative estimate of drug-likeness (QED) is 0.444. The van der Waals surface area contributed by atoms with Crippen molar-refractivity contribution >= 4 is 34.7 Å². The molecular formula is C22H23N3O3S2. The minimum Gasteiger partial charge on any atom is -0.497 e. The number of hydrogen-bond donors (Lipinski definition) is 1. The summed E-state index contributed by atoms with van der Waals surface area (Å²) in [7, 11) is 1.60. The Morgan fingerprint density at radius 2 is 2.03 bits per heavy atom. The van der Waals surface area contributed by atoms with Gasteiger partial charge < -0.3 is 10.1 Å². The van der Waals surface area contributed by atoms with Gasteiger partial charge in [-0.1, -0.05) is 17.8 Å². The number of rotatable bonds is 7. The Morgan fingerprint density at radius 3 is 2.77 bits per heavy atom. The number of carbonyl (C=O) groups is 1. The molecule has 1 aliphatic rings. The molecule has 8 heteroatoms. The third-order valence-corrected chi connectivity index (χ3v) is 6.94. The second-order valence-electron chi connectivity index (χ2n) is 7.06. The Balaban J connectivity index is 1.49. The molecule has 0 atom stereocenters. The lowest BCUT2D eigenvalue weighted by Gasteiger charge is -2.22. The van der Waals surface area contributed by atoms with Crippen LogP contribution in [0.4, 0.5) is 5.69 Å². The van der Waals surface area contributed by atoms with E-state index in [0.29, 0.717) is 17.3 Å². The fraction of sp³-hybridized carbons (Fsp3) is 0.318. The fourth-order valence-electron chi connectivity index (χ4n) is 3.59. The molecule has 1 aromatic carbocycles. The molecule has 2 aromatic heterocycles. The summed E-state index contributed by atoms with van der Waals surface area (Å²) in [6, 6.07) is 11.2. The monoisotopic (exact) mass is 441 g/mol. The van der Waals surface area contributed by atoms with E-state index in [1.54, 1.807) is 42.7 Å². The van der Waals surface area contributed by atoms with Crippen molar-refractivity contribution < 1.29 is 9.53 Å². The molecule has 0 saturated heterocycles. The Bertz CT molecular complexity index is 1080. The van der Waals surface area contributed by atoms with Crippen LogP contribution in [0.2, 0.25) is 0 Å². The van der Waals surface area contributed by atoms with Gasteiger partial charge in [0.1, 0.15) is 10.8 Å². The van der Waals surface area contributed by atoms with Crippen molar-refractivity contribution in [2.45, 2.75) is 37.3 Å². The van der Waals surface area contributed by atoms with E-state index in [-0.39, 0.29) is 17.3 Å². The van der Waals surface area contributed by atoms with Crippen LogP contribution >= 0.6 is 23.1 Å². The van der Waals surface area contributed by atoms with Crippen LogP contribution in [0.3, 0.4) is 0 Å². The second-order valence-corrected chi connectivity index (χ2v) is 9.06. The summed E-state index contributed by atoms with van der Waals surface area (Å²) >= 11 is 2.99. The molecule has 30 heavy (non-hydrogen) atoms. The van der Waals surface area contributed by atoms with Crippen LogP contribution in [-0.2, 0) is 24.2 Å². The van der Waals surface area contributed by atoms with Gasteiger partial charge in [0.15, 0.2) is 0 Å². The smallest absolute Gasteiger partial charge is 0.349 e. The van der Waals surface area contributed by atoms with Crippen LogP contribution in [0, 0.1) is 0 Å². The summed E-state index contributed by atoms with van der Waals surface area (Å²) in [6.45, 7) is 0.564. The Hall–Kier alpha value is -2.58. The molecule has 0 unspecified atom stereocenters. The number of benzene rings is 1. The molecule has 0 bridgehead atoms. The van der Waals surface area contributed by atoms with Crippen LogP contribution in [-0.4, -0.2) is 28.3 Å². The molecule has 0 saturated carbocycles. The first-order valence-electron chi connectivity index (χ1n) is 9.85. The van der Waals surface area contributed by atoms with Crippen LogP contribution in [0.5, 0.6) is 5.75 Å². The highest BCUT2D eigenvalue weighted by Gasteiger charge is 2.21. The number of methoxy groups -OCH3 is 1. The summed E-state index contributed by atoms with van der Waals surface area (Å²) in [6.07, 6.45) is 3.93. The maximum atomic E-state index is 12.8. The minimum absolute atomic E-state index is 0.126. The first-order valence-corrected chi connectivity index (χ1v) is 11.7. The number of nitrogens with zero attached hydrogens (tertiary/aromatic N) is 2. The SMILES string of the molecule is COc1ccc(NC(=O)CSc2nc(=O)n(Cc3cccs3)c3c2CCCC3)cc1. The van der Waals surface area contributed by atoms with E-state index in [9.17, 15) is 9.59 Å². The largest absolute Gasteiger partial charge is 0.497 e. The van der Waals surface area contributed by atoms with Gasteiger partial charge in [0, 0.05) is 21.8 Å². The third kappa shape index (κ3) is 4.76. The van der Waals surface area contributed by atoms with Crippen LogP contribution in [0.1, 0.15) is 29.0 Å². The molecule has 6 nitrogen and oxygen atoms in total. The maximum absolute atomic E-state index is 12.8. The summed E-state index contributed by atoms with van der Waals surface area (Å²) in [5, 5.41) is 5.59. The number of carbonyl (C=O) groups excluding carboxylic acids is 1. The Labute approximate surface area is 183 Å². The third-order valence-electron chi connectivity index (χ3n) is 5.06. The molecule has 156 valence electrons. The van der Waals surface area contributed by atoms with Gasteiger partial charge in [-0.3, -0.25) is 9.36 Å². The van der Waals surface area contributed by atoms with Crippen molar-refractivity contribution in [1.82, 2.24) is 9.55 Å². The lowest BCUT2D eigenvalue weighted by molar-refractivity contribution is -0.113. The zero-order chi connectivity index (χ0) is 20.9. The zero-order valence-electron chi connectivity index (χ0n) is 16.7. The lowest BCUT2D eigenvalue weighted by Crippen LogP contribution is -2.30. The van der Waals surface area contributed by atoms with Gasteiger partial charge in [-0.2, -0.15) is 4.98 Å². The van der Waals surface area contributed by atoms with Gasteiger partial charge in [-0.25, -0.2) is 4.79 Å². The Kier molecular flexibility index (Phi) is 6.54. The first kappa shape index (κ1) is 20.7. The lowest BCUT2D eigenvalue weighted by atomic mass is 9.97. The summed E-state index contributed by atoms with van der Waals surface area (Å²) < 4.78 is 6.94. The van der Waals surface area contributed by atoms with Crippen LogP contribution in [0.15, 0.2) is 51.6 Å². The predicted molar refractivity (Wildman–Crippen MR) is 121 cm³/mol. The number of fused-ring (bicyclic) bond motifs is 1. The highest BCUT2D eigenvalue weighted by molar-refractivity contribution is 8.00. The van der Waals surface area contributed by atoms with Gasteiger partial charge in [-0.15, -0.1) is 11.3 Å². The van der Waals surface area contributed by atoms with Gasteiger partial charge in [-0.05, 0) is 61.4 Å². The zero-order valence-corrected chi connectivity index (χ0v) is 18.4. The number of nitrogens with one attached hydrogen (secondary N) is 1. The highest BCUT2D eigenvalue weighted by Crippen LogP contribution is 2.29. The number of amides is 1. The van der Waals surface area contributed by atoms with Crippen molar-refractivity contribution in [3.63, 3.8) is 0 Å². The normalized spacial score (nSPS) is 13.0. The fourth-order valence-corrected chi connectivity index (χ4v) is 5.16. The van der Waals surface area contributed by atoms with Crippen molar-refractivity contribution in [3.05, 3.63) is 68.4 Å². The molecule has 1 N–H and O–H groups in total. The molecule has 0 fully saturated rings. The van der Waals surface area contributed by atoms with E-state index in [4.69, 9.17) is 4.74 Å². The van der Waals surface area contributed by atoms with E-state index in [0.717, 1.165) is 47.6 Å². The maximum Gasteiger partial charge on any atom is 0.349 e. The van der Waals surface area contributed by atoms with Crippen molar-refractivity contribution in [2.75, 3.05) is 18.2 Å². The highest BCUT2D eigenvalue weighted by atomic mass is 32.2. The molecule has 0 aliphatic heterocycles. The summed E-state index contributed by atoms with van der Waals surface area (Å²) in [4.78, 5) is 30.7. The van der Waals surface area contributed by atoms with Crippen molar-refractivity contribution in [1.29, 1.82) is 0 Å². The van der Waals surface area contributed by atoms with Gasteiger partial charge >= 0.3 is 5.69 Å². The van der Waals surface area contributed by atoms with Gasteiger partial charge in [0.05, 0.1) is 19.4 Å². The number of aromatic nitrogens is 2. The number of thioether (sulfide) groups is 1. The minimum atomic E-state index is -0.234. The second kappa shape index (κ2) is 9.49. The molecule has 0 radical (unpaired) electrons. The van der Waals surface area contributed by atoms with E-state index in [2.05, 4.69) is 10.3 Å². The molecule has 1 aliphatic carbocycles. The molecule has 4 rings (SSSR count). The number of thiophene rings is 1. The van der Waals surface area contributed by atoms with Crippen LogP contribution < -0.4 is 15.7 Å². The van der Waals surface area contributed by atoms with Crippen LogP contribution in [0.25, 0.3) is 0 Å². The number of hydrogen-bond acceptors (Lipinski definition) is 6. The average molecular weight is 442 g/mol. The topological polar surface area (TPSA) is 73.2 Å². The summed E-state index contributed by atoms with van der Waals surface area (Å²) in [5.74, 6) is 0.820. The van der Waals surface area contributed by atoms with Gasteiger partial charge in [0.2, 0.25) is 5.91 Å². The molecule has 1 amide bonds. The van der Waals surface area contributed by atoms with Crippen molar-refractivity contribution in [2.24, 2.45) is 0 Å². The van der Waals surface area contributed by atoms with E-state index < -0.39 is 0 Å². The number of ether oxygens (including phenoxy) is 1. The average Bonchev–Trinajstić information content (AvgIpc) is 3.28. The van der Waals surface area contributed by atoms with E-state index >= 15 is 0 Å². The molecule has 2 heterocycles. The van der Waals surface area contributed by atoms with Crippen molar-refractivity contribution in [3.8, 4) is 5.75 Å². The summed E-state index contributed by atoms with van der Waals surface area (Å²) in [5.41, 5.74) is 2.68. The molecular weight excluding hydrogens is 418 g/mol. The van der Waals surface area contributed by atoms with Gasteiger partial charge in [0.25, 0.3) is 0 Å². The standard InChI is InChI=1S/C22H23N3O3S2/c1-28-16-10-8-15(9-11-16)23-20(26)14-30-21-18-6-2-3-7-19(18)25(22(27)24-21)13-17-5-4-12-29-17/h4-5,8-12H,2-3,6-7,13-14H2,1H3,(H,23,26). The first-order chi connectivity index (χ1) is 14.6. The van der Waals surface area contributed by atoms with E-state index in [1.807, 2.05) is 22.1 Å². The number of anilines is 1.